The van der Waals surface area contributed by atoms with Gasteiger partial charge in [-0.3, -0.25) is 4.90 Å². The van der Waals surface area contributed by atoms with Crippen LogP contribution in [0.15, 0.2) is 30.5 Å². The molecule has 0 saturated carbocycles. The van der Waals surface area contributed by atoms with Crippen LogP contribution in [0, 0.1) is 0 Å². The smallest absolute Gasteiger partial charge is 0.411 e. The maximum Gasteiger partial charge on any atom is 0.411 e. The van der Waals surface area contributed by atoms with Crippen molar-refractivity contribution in [2.45, 2.75) is 44.9 Å². The maximum atomic E-state index is 12.7. The number of esters is 1. The predicted molar refractivity (Wildman–Crippen MR) is 149 cm³/mol. The van der Waals surface area contributed by atoms with E-state index in [0.29, 0.717) is 45.0 Å². The molecule has 2 aromatic carbocycles. The Labute approximate surface area is 236 Å². The van der Waals surface area contributed by atoms with Gasteiger partial charge in [-0.15, -0.1) is 0 Å². The van der Waals surface area contributed by atoms with E-state index in [9.17, 15) is 9.59 Å². The highest BCUT2D eigenvalue weighted by atomic mass is 35.5. The van der Waals surface area contributed by atoms with Crippen LogP contribution in [0.3, 0.4) is 0 Å². The van der Waals surface area contributed by atoms with E-state index in [-0.39, 0.29) is 12.6 Å². The second-order valence-electron chi connectivity index (χ2n) is 10.00. The van der Waals surface area contributed by atoms with Crippen molar-refractivity contribution in [2.75, 3.05) is 33.2 Å². The molecule has 0 radical (unpaired) electrons. The van der Waals surface area contributed by atoms with Crippen LogP contribution in [0.5, 0.6) is 11.5 Å². The van der Waals surface area contributed by atoms with Crippen LogP contribution in [0.1, 0.15) is 27.2 Å². The zero-order valence-electron chi connectivity index (χ0n) is 22.5. The molecule has 3 aromatic rings. The number of carbonyl (C=O) groups is 2. The normalized spacial score (nSPS) is 17.2. The van der Waals surface area contributed by atoms with Gasteiger partial charge in [0.15, 0.2) is 0 Å². The third kappa shape index (κ3) is 6.07. The van der Waals surface area contributed by atoms with Crippen LogP contribution in [0.25, 0.3) is 22.0 Å². The molecule has 0 spiro atoms. The van der Waals surface area contributed by atoms with Crippen molar-refractivity contribution in [1.82, 2.24) is 14.9 Å². The lowest BCUT2D eigenvalue weighted by atomic mass is 10.0. The summed E-state index contributed by atoms with van der Waals surface area (Å²) in [5.74, 6) is 0.717. The maximum absolute atomic E-state index is 12.7. The van der Waals surface area contributed by atoms with Gasteiger partial charge in [0, 0.05) is 42.2 Å². The van der Waals surface area contributed by atoms with Crippen LogP contribution >= 0.6 is 23.2 Å². The standard InChI is InChI=1S/C27H30Cl2N4O6/c1-27(2,3)39-26(35)33-13-16(10-18(33)24(34)38-6)31-25-30-12-15-9-14(7-8-17(15)32-25)21-22(28)19(36-4)11-20(37-5)23(21)29/h7-9,11-12,16,18H,10,13H2,1-6H3,(H,30,31,32)/t16?,18-/m0/s1. The monoisotopic (exact) mass is 576 g/mol. The van der Waals surface area contributed by atoms with Crippen molar-refractivity contribution in [3.63, 3.8) is 0 Å². The molecule has 1 N–H and O–H groups in total. The van der Waals surface area contributed by atoms with Crippen molar-refractivity contribution < 1.29 is 28.5 Å². The molecular formula is C27H30Cl2N4O6. The van der Waals surface area contributed by atoms with Crippen LogP contribution in [-0.4, -0.2) is 72.5 Å². The Bertz CT molecular complexity index is 1380. The quantitative estimate of drug-likeness (QED) is 0.375. The number of aromatic nitrogens is 2. The van der Waals surface area contributed by atoms with E-state index in [1.165, 1.54) is 26.2 Å². The highest BCUT2D eigenvalue weighted by molar-refractivity contribution is 6.41. The number of likely N-dealkylation sites (tertiary alicyclic amines) is 1. The second-order valence-corrected chi connectivity index (χ2v) is 10.8. The number of benzene rings is 2. The minimum atomic E-state index is -0.778. The van der Waals surface area contributed by atoms with Gasteiger partial charge < -0.3 is 24.3 Å². The van der Waals surface area contributed by atoms with Gasteiger partial charge in [0.1, 0.15) is 23.1 Å². The third-order valence-electron chi connectivity index (χ3n) is 6.18. The molecule has 1 aromatic heterocycles. The fourth-order valence-corrected chi connectivity index (χ4v) is 5.12. The molecule has 1 aliphatic heterocycles. The number of ether oxygens (including phenoxy) is 4. The highest BCUT2D eigenvalue weighted by Crippen LogP contribution is 2.46. The molecule has 1 aliphatic rings. The molecule has 10 nitrogen and oxygen atoms in total. The van der Waals surface area contributed by atoms with Crippen LogP contribution in [0.4, 0.5) is 10.7 Å². The molecule has 0 bridgehead atoms. The van der Waals surface area contributed by atoms with Crippen molar-refractivity contribution in [1.29, 1.82) is 0 Å². The van der Waals surface area contributed by atoms with Gasteiger partial charge in [-0.25, -0.2) is 19.6 Å². The lowest BCUT2D eigenvalue weighted by Crippen LogP contribution is -2.44. The largest absolute Gasteiger partial charge is 0.495 e. The van der Waals surface area contributed by atoms with Crippen molar-refractivity contribution in [3.05, 3.63) is 40.5 Å². The molecule has 4 rings (SSSR count). The summed E-state index contributed by atoms with van der Waals surface area (Å²) in [6, 6.07) is 6.11. The van der Waals surface area contributed by atoms with Crippen LogP contribution in [0.2, 0.25) is 10.0 Å². The third-order valence-corrected chi connectivity index (χ3v) is 6.93. The summed E-state index contributed by atoms with van der Waals surface area (Å²) in [5.41, 5.74) is 1.28. The minimum Gasteiger partial charge on any atom is -0.495 e. The zero-order chi connectivity index (χ0) is 28.5. The summed E-state index contributed by atoms with van der Waals surface area (Å²) in [4.78, 5) is 35.6. The van der Waals surface area contributed by atoms with Crippen LogP contribution in [-0.2, 0) is 14.3 Å². The van der Waals surface area contributed by atoms with Gasteiger partial charge in [-0.2, -0.15) is 0 Å². The molecule has 12 heteroatoms. The van der Waals surface area contributed by atoms with Gasteiger partial charge in [0.25, 0.3) is 0 Å². The molecule has 0 aliphatic carbocycles. The summed E-state index contributed by atoms with van der Waals surface area (Å²) < 4.78 is 21.2. The lowest BCUT2D eigenvalue weighted by Gasteiger charge is -2.27. The number of fused-ring (bicyclic) bond motifs is 1. The zero-order valence-corrected chi connectivity index (χ0v) is 24.0. The number of nitrogens with zero attached hydrogens (tertiary/aromatic N) is 3. The van der Waals surface area contributed by atoms with E-state index >= 15 is 0 Å². The number of rotatable bonds is 6. The van der Waals surface area contributed by atoms with Crippen molar-refractivity contribution in [3.8, 4) is 22.6 Å². The molecule has 1 saturated heterocycles. The second kappa shape index (κ2) is 11.3. The SMILES string of the molecule is COC(=O)[C@@H]1CC(Nc2ncc3cc(-c4c(Cl)c(OC)cc(OC)c4Cl)ccc3n2)CN1C(=O)OC(C)(C)C. The number of hydrogen-bond donors (Lipinski definition) is 1. The Morgan fingerprint density at radius 3 is 2.31 bits per heavy atom. The molecule has 2 heterocycles. The fourth-order valence-electron chi connectivity index (χ4n) is 4.40. The van der Waals surface area contributed by atoms with Gasteiger partial charge >= 0.3 is 12.1 Å². The first-order valence-corrected chi connectivity index (χ1v) is 12.9. The summed E-state index contributed by atoms with van der Waals surface area (Å²) in [7, 11) is 4.33. The summed E-state index contributed by atoms with van der Waals surface area (Å²) >= 11 is 13.2. The number of anilines is 1. The topological polar surface area (TPSA) is 112 Å². The molecule has 1 fully saturated rings. The Morgan fingerprint density at radius 1 is 1.05 bits per heavy atom. The van der Waals surface area contributed by atoms with Gasteiger partial charge in [-0.05, 0) is 38.5 Å². The van der Waals surface area contributed by atoms with E-state index in [1.807, 2.05) is 18.2 Å². The molecule has 2 atom stereocenters. The predicted octanol–water partition coefficient (Wildman–Crippen LogP) is 5.58. The molecule has 39 heavy (non-hydrogen) atoms. The first-order chi connectivity index (χ1) is 18.4. The molecular weight excluding hydrogens is 547 g/mol. The molecule has 1 amide bonds. The van der Waals surface area contributed by atoms with Gasteiger partial charge in [0.2, 0.25) is 5.95 Å². The average Bonchev–Trinajstić information content (AvgIpc) is 3.31. The van der Waals surface area contributed by atoms with Crippen molar-refractivity contribution >= 4 is 52.1 Å². The van der Waals surface area contributed by atoms with E-state index in [0.717, 1.165) is 10.9 Å². The van der Waals surface area contributed by atoms with E-state index in [2.05, 4.69) is 15.3 Å². The number of halogens is 2. The van der Waals surface area contributed by atoms with E-state index < -0.39 is 23.7 Å². The van der Waals surface area contributed by atoms with Crippen LogP contribution < -0.4 is 14.8 Å². The Morgan fingerprint density at radius 2 is 1.72 bits per heavy atom. The minimum absolute atomic E-state index is 0.226. The average molecular weight is 577 g/mol. The Kier molecular flexibility index (Phi) is 8.27. The number of methoxy groups -OCH3 is 3. The van der Waals surface area contributed by atoms with E-state index in [4.69, 9.17) is 42.1 Å². The number of carbonyl (C=O) groups excluding carboxylic acids is 2. The lowest BCUT2D eigenvalue weighted by molar-refractivity contribution is -0.145. The molecule has 1 unspecified atom stereocenters. The Hall–Kier alpha value is -3.50. The first kappa shape index (κ1) is 28.5. The summed E-state index contributed by atoms with van der Waals surface area (Å²) in [6.07, 6.45) is 1.41. The van der Waals surface area contributed by atoms with Gasteiger partial charge in [-0.1, -0.05) is 29.3 Å². The highest BCUT2D eigenvalue weighted by Gasteiger charge is 2.42. The molecule has 208 valence electrons. The van der Waals surface area contributed by atoms with Gasteiger partial charge in [0.05, 0.1) is 36.9 Å². The fraction of sp³-hybridized carbons (Fsp3) is 0.407. The first-order valence-electron chi connectivity index (χ1n) is 12.2. The number of hydrogen-bond acceptors (Lipinski definition) is 9. The Balaban J connectivity index is 1.58. The number of amides is 1. The van der Waals surface area contributed by atoms with E-state index in [1.54, 1.807) is 33.0 Å². The number of nitrogens with one attached hydrogen (secondary N) is 1. The summed E-state index contributed by atoms with van der Waals surface area (Å²) in [5, 5.41) is 4.70. The van der Waals surface area contributed by atoms with Crippen molar-refractivity contribution in [2.24, 2.45) is 0 Å². The summed E-state index contributed by atoms with van der Waals surface area (Å²) in [6.45, 7) is 5.53.